The lowest BCUT2D eigenvalue weighted by atomic mass is 9.90. The van der Waals surface area contributed by atoms with Crippen LogP contribution in [0, 0.1) is 0 Å². The van der Waals surface area contributed by atoms with Crippen molar-refractivity contribution in [3.05, 3.63) is 59.9 Å². The van der Waals surface area contributed by atoms with Crippen molar-refractivity contribution in [2.24, 2.45) is 0 Å². The summed E-state index contributed by atoms with van der Waals surface area (Å²) >= 11 is 0. The van der Waals surface area contributed by atoms with Crippen LogP contribution < -0.4 is 5.32 Å². The fourth-order valence-corrected chi connectivity index (χ4v) is 2.73. The minimum atomic E-state index is 0.206. The van der Waals surface area contributed by atoms with Gasteiger partial charge < -0.3 is 15.2 Å². The van der Waals surface area contributed by atoms with Gasteiger partial charge in [0.05, 0.1) is 12.7 Å². The van der Waals surface area contributed by atoms with E-state index in [0.29, 0.717) is 18.3 Å². The minimum Gasteiger partial charge on any atom is -0.508 e. The Balaban J connectivity index is 1.57. The summed E-state index contributed by atoms with van der Waals surface area (Å²) in [6.07, 6.45) is 4.82. The number of rotatable bonds is 4. The van der Waals surface area contributed by atoms with Gasteiger partial charge >= 0.3 is 0 Å². The Hall–Kier alpha value is -1.91. The van der Waals surface area contributed by atoms with Crippen molar-refractivity contribution in [2.45, 2.75) is 25.0 Å². The lowest BCUT2D eigenvalue weighted by Gasteiger charge is -2.30. The topological polar surface area (TPSA) is 54.4 Å². The highest BCUT2D eigenvalue weighted by Crippen LogP contribution is 2.26. The zero-order chi connectivity index (χ0) is 14.5. The van der Waals surface area contributed by atoms with E-state index in [4.69, 9.17) is 4.74 Å². The smallest absolute Gasteiger partial charge is 0.115 e. The molecule has 2 atom stereocenters. The van der Waals surface area contributed by atoms with Crippen LogP contribution in [0.2, 0.25) is 0 Å². The summed E-state index contributed by atoms with van der Waals surface area (Å²) in [7, 11) is 0. The standard InChI is InChI=1S/C17H20N2O2/c20-16-5-3-14(4-6-16)15-8-17(11-19-10-15)21-12-13-2-1-7-18-9-13/h1-7,9,15,17,19-20H,8,10-12H2. The number of phenols is 1. The van der Waals surface area contributed by atoms with E-state index in [1.807, 2.05) is 30.5 Å². The highest BCUT2D eigenvalue weighted by Gasteiger charge is 2.23. The fraction of sp³-hybridized carbons (Fsp3) is 0.353. The number of nitrogens with one attached hydrogen (secondary N) is 1. The second kappa shape index (κ2) is 6.70. The maximum Gasteiger partial charge on any atom is 0.115 e. The van der Waals surface area contributed by atoms with E-state index >= 15 is 0 Å². The molecule has 3 rings (SSSR count). The maximum absolute atomic E-state index is 9.37. The average molecular weight is 284 g/mol. The molecule has 1 aliphatic heterocycles. The normalized spacial score (nSPS) is 22.1. The predicted octanol–water partition coefficient (Wildman–Crippen LogP) is 2.45. The molecule has 1 saturated heterocycles. The molecule has 1 aromatic carbocycles. The van der Waals surface area contributed by atoms with Gasteiger partial charge in [-0.1, -0.05) is 18.2 Å². The van der Waals surface area contributed by atoms with Crippen LogP contribution in [0.4, 0.5) is 0 Å². The first-order valence-electron chi connectivity index (χ1n) is 7.31. The van der Waals surface area contributed by atoms with Gasteiger partial charge in [0, 0.05) is 25.5 Å². The lowest BCUT2D eigenvalue weighted by molar-refractivity contribution is 0.0200. The average Bonchev–Trinajstić information content (AvgIpc) is 2.55. The second-order valence-corrected chi connectivity index (χ2v) is 5.48. The van der Waals surface area contributed by atoms with Gasteiger partial charge in [-0.3, -0.25) is 4.98 Å². The van der Waals surface area contributed by atoms with Crippen LogP contribution in [0.25, 0.3) is 0 Å². The molecule has 1 aromatic heterocycles. The summed E-state index contributed by atoms with van der Waals surface area (Å²) in [5.74, 6) is 0.741. The third kappa shape index (κ3) is 3.80. The van der Waals surface area contributed by atoms with Crippen LogP contribution >= 0.6 is 0 Å². The third-order valence-electron chi connectivity index (χ3n) is 3.88. The van der Waals surface area contributed by atoms with E-state index in [1.54, 1.807) is 18.3 Å². The Morgan fingerprint density at radius 1 is 1.19 bits per heavy atom. The number of hydrogen-bond donors (Lipinski definition) is 2. The number of phenolic OH excluding ortho intramolecular Hbond substituents is 1. The Bertz CT molecular complexity index is 557. The molecule has 21 heavy (non-hydrogen) atoms. The van der Waals surface area contributed by atoms with Crippen molar-refractivity contribution in [1.29, 1.82) is 0 Å². The van der Waals surface area contributed by atoms with Gasteiger partial charge in [-0.05, 0) is 41.7 Å². The minimum absolute atomic E-state index is 0.206. The lowest BCUT2D eigenvalue weighted by Crippen LogP contribution is -2.39. The molecule has 2 unspecified atom stereocenters. The van der Waals surface area contributed by atoms with E-state index in [1.165, 1.54) is 5.56 Å². The largest absolute Gasteiger partial charge is 0.508 e. The molecule has 0 spiro atoms. The molecular formula is C17H20N2O2. The van der Waals surface area contributed by atoms with Gasteiger partial charge in [-0.2, -0.15) is 0 Å². The first kappa shape index (κ1) is 14.0. The van der Waals surface area contributed by atoms with E-state index in [0.717, 1.165) is 25.1 Å². The summed E-state index contributed by atoms with van der Waals surface area (Å²) < 4.78 is 5.99. The molecule has 4 heteroatoms. The molecule has 0 saturated carbocycles. The van der Waals surface area contributed by atoms with Crippen LogP contribution in [0.15, 0.2) is 48.8 Å². The zero-order valence-corrected chi connectivity index (χ0v) is 11.9. The van der Waals surface area contributed by atoms with Gasteiger partial charge in [-0.15, -0.1) is 0 Å². The van der Waals surface area contributed by atoms with Crippen LogP contribution in [0.3, 0.4) is 0 Å². The monoisotopic (exact) mass is 284 g/mol. The summed E-state index contributed by atoms with van der Waals surface area (Å²) in [5, 5.41) is 12.8. The Morgan fingerprint density at radius 3 is 2.81 bits per heavy atom. The molecule has 0 amide bonds. The summed E-state index contributed by atoms with van der Waals surface area (Å²) in [6.45, 7) is 2.44. The number of nitrogens with zero attached hydrogens (tertiary/aromatic N) is 1. The van der Waals surface area contributed by atoms with Crippen molar-refractivity contribution in [3.8, 4) is 5.75 Å². The SMILES string of the molecule is Oc1ccc(C2CNCC(OCc3cccnc3)C2)cc1. The molecule has 0 radical (unpaired) electrons. The number of aromatic nitrogens is 1. The summed E-state index contributed by atoms with van der Waals surface area (Å²) in [6, 6.07) is 11.4. The number of pyridine rings is 1. The third-order valence-corrected chi connectivity index (χ3v) is 3.88. The van der Waals surface area contributed by atoms with Crippen molar-refractivity contribution in [2.75, 3.05) is 13.1 Å². The molecule has 1 aliphatic rings. The highest BCUT2D eigenvalue weighted by atomic mass is 16.5. The first-order valence-corrected chi connectivity index (χ1v) is 7.31. The zero-order valence-electron chi connectivity index (χ0n) is 11.9. The molecule has 4 nitrogen and oxygen atoms in total. The van der Waals surface area contributed by atoms with Crippen LogP contribution in [-0.4, -0.2) is 29.3 Å². The van der Waals surface area contributed by atoms with E-state index in [9.17, 15) is 5.11 Å². The number of ether oxygens (including phenoxy) is 1. The van der Waals surface area contributed by atoms with E-state index < -0.39 is 0 Å². The molecular weight excluding hydrogens is 264 g/mol. The van der Waals surface area contributed by atoms with Crippen molar-refractivity contribution >= 4 is 0 Å². The van der Waals surface area contributed by atoms with E-state index in [2.05, 4.69) is 10.3 Å². The van der Waals surface area contributed by atoms with E-state index in [-0.39, 0.29) is 6.10 Å². The van der Waals surface area contributed by atoms with Crippen LogP contribution in [-0.2, 0) is 11.3 Å². The second-order valence-electron chi connectivity index (χ2n) is 5.48. The van der Waals surface area contributed by atoms with Gasteiger partial charge in [0.1, 0.15) is 5.75 Å². The summed E-state index contributed by atoms with van der Waals surface area (Å²) in [4.78, 5) is 4.10. The molecule has 0 aliphatic carbocycles. The van der Waals surface area contributed by atoms with Crippen LogP contribution in [0.5, 0.6) is 5.75 Å². The van der Waals surface area contributed by atoms with Gasteiger partial charge in [0.25, 0.3) is 0 Å². The predicted molar refractivity (Wildman–Crippen MR) is 81.1 cm³/mol. The van der Waals surface area contributed by atoms with Crippen molar-refractivity contribution < 1.29 is 9.84 Å². The quantitative estimate of drug-likeness (QED) is 0.905. The van der Waals surface area contributed by atoms with Gasteiger partial charge in [0.2, 0.25) is 0 Å². The van der Waals surface area contributed by atoms with Gasteiger partial charge in [-0.25, -0.2) is 0 Å². The first-order chi connectivity index (χ1) is 10.3. The maximum atomic E-state index is 9.37. The Morgan fingerprint density at radius 2 is 2.05 bits per heavy atom. The number of benzene rings is 1. The number of aromatic hydroxyl groups is 1. The molecule has 2 N–H and O–H groups in total. The van der Waals surface area contributed by atoms with Gasteiger partial charge in [0.15, 0.2) is 0 Å². The van der Waals surface area contributed by atoms with Crippen LogP contribution in [0.1, 0.15) is 23.5 Å². The highest BCUT2D eigenvalue weighted by molar-refractivity contribution is 5.29. The summed E-state index contributed by atoms with van der Waals surface area (Å²) in [5.41, 5.74) is 2.35. The molecule has 2 aromatic rings. The van der Waals surface area contributed by atoms with Crippen molar-refractivity contribution in [3.63, 3.8) is 0 Å². The molecule has 0 bridgehead atoms. The Kier molecular flexibility index (Phi) is 4.48. The number of piperidine rings is 1. The molecule has 1 fully saturated rings. The molecule has 110 valence electrons. The fourth-order valence-electron chi connectivity index (χ4n) is 2.73. The number of hydrogen-bond acceptors (Lipinski definition) is 4. The molecule has 2 heterocycles. The Labute approximate surface area is 124 Å². The van der Waals surface area contributed by atoms with Crippen molar-refractivity contribution in [1.82, 2.24) is 10.3 Å².